The van der Waals surface area contributed by atoms with Gasteiger partial charge in [-0.15, -0.1) is 0 Å². The predicted octanol–water partition coefficient (Wildman–Crippen LogP) is 1.10. The number of ether oxygens (including phenoxy) is 2. The molecule has 0 aliphatic carbocycles. The number of urea groups is 1. The fourth-order valence-electron chi connectivity index (χ4n) is 5.77. The van der Waals surface area contributed by atoms with E-state index in [0.29, 0.717) is 5.56 Å². The lowest BCUT2D eigenvalue weighted by atomic mass is 9.66. The number of hydrogen-bond donors (Lipinski definition) is 2. The van der Waals surface area contributed by atoms with Gasteiger partial charge in [0, 0.05) is 27.1 Å². The standard InChI is InChI=1S/C24H24FN7O7/c1-10-8-31-16-12(6-24(18(31)11(2)37-10)20(33)27-22(35)28-21(24)34)5-14-17(15(16)25)39-29-19(14)32-9-13(7-26-32)38-23(36)30(3)4/h5,7,9-11,18H,6,8H2,1-4H3,(H2,27,28,33,34,35)/t10-,11+,18-/m1/s1. The molecule has 1 spiro atoms. The van der Waals surface area contributed by atoms with E-state index in [0.717, 1.165) is 0 Å². The summed E-state index contributed by atoms with van der Waals surface area (Å²) >= 11 is 0. The van der Waals surface area contributed by atoms with Crippen LogP contribution in [0, 0.1) is 11.2 Å². The topological polar surface area (TPSA) is 161 Å². The minimum absolute atomic E-state index is 0.103. The highest BCUT2D eigenvalue weighted by Crippen LogP contribution is 2.49. The van der Waals surface area contributed by atoms with Crippen molar-refractivity contribution in [2.45, 2.75) is 38.5 Å². The number of carbonyl (C=O) groups excluding carboxylic acids is 4. The summed E-state index contributed by atoms with van der Waals surface area (Å²) in [5.74, 6) is -2.06. The summed E-state index contributed by atoms with van der Waals surface area (Å²) in [6, 6.07) is -0.228. The molecule has 6 rings (SSSR count). The summed E-state index contributed by atoms with van der Waals surface area (Å²) < 4.78 is 34.0. The van der Waals surface area contributed by atoms with Crippen LogP contribution in [0.4, 0.5) is 19.7 Å². The van der Waals surface area contributed by atoms with Crippen LogP contribution in [0.2, 0.25) is 0 Å². The van der Waals surface area contributed by atoms with Crippen LogP contribution in [0.25, 0.3) is 16.8 Å². The number of rotatable bonds is 2. The second-order valence-corrected chi connectivity index (χ2v) is 10.1. The van der Waals surface area contributed by atoms with E-state index >= 15 is 4.39 Å². The minimum Gasteiger partial charge on any atom is -0.407 e. The monoisotopic (exact) mass is 541 g/mol. The van der Waals surface area contributed by atoms with Crippen LogP contribution >= 0.6 is 0 Å². The normalized spacial score (nSPS) is 23.8. The fraction of sp³-hybridized carbons (Fsp3) is 0.417. The molecule has 5 amide bonds. The fourth-order valence-corrected chi connectivity index (χ4v) is 5.77. The number of hydrogen-bond acceptors (Lipinski definition) is 10. The van der Waals surface area contributed by atoms with Crippen LogP contribution in [-0.4, -0.2) is 82.7 Å². The van der Waals surface area contributed by atoms with Crippen molar-refractivity contribution >= 4 is 40.6 Å². The first-order valence-corrected chi connectivity index (χ1v) is 12.1. The van der Waals surface area contributed by atoms with E-state index in [1.807, 2.05) is 0 Å². The lowest BCUT2D eigenvalue weighted by Crippen LogP contribution is -2.75. The first kappa shape index (κ1) is 24.8. The SMILES string of the molecule is C[C@@H]1CN2c3c(cc4c(-n5cc(OC(=O)N(C)C)cn5)noc4c3F)CC3(C(=O)NC(=O)NC3=O)[C@H]2[C@H](C)O1. The van der Waals surface area contributed by atoms with Crippen molar-refractivity contribution in [3.05, 3.63) is 29.8 Å². The Labute approximate surface area is 219 Å². The highest BCUT2D eigenvalue weighted by atomic mass is 19.1. The molecule has 39 heavy (non-hydrogen) atoms. The first-order valence-electron chi connectivity index (χ1n) is 12.1. The number of nitrogens with one attached hydrogen (secondary N) is 2. The van der Waals surface area contributed by atoms with Crippen molar-refractivity contribution in [2.24, 2.45) is 5.41 Å². The van der Waals surface area contributed by atoms with Gasteiger partial charge in [-0.05, 0) is 25.5 Å². The number of amides is 5. The van der Waals surface area contributed by atoms with E-state index in [-0.39, 0.29) is 47.3 Å². The molecule has 14 nitrogen and oxygen atoms in total. The molecular formula is C24H24FN7O7. The van der Waals surface area contributed by atoms with E-state index in [4.69, 9.17) is 14.0 Å². The number of fused-ring (bicyclic) bond motifs is 5. The van der Waals surface area contributed by atoms with Crippen LogP contribution in [0.5, 0.6) is 5.75 Å². The molecule has 5 heterocycles. The molecule has 2 N–H and O–H groups in total. The Morgan fingerprint density at radius 3 is 2.64 bits per heavy atom. The van der Waals surface area contributed by atoms with Gasteiger partial charge in [0.15, 0.2) is 17.0 Å². The third-order valence-corrected chi connectivity index (χ3v) is 7.29. The lowest BCUT2D eigenvalue weighted by Gasteiger charge is -2.55. The third kappa shape index (κ3) is 3.56. The van der Waals surface area contributed by atoms with Crippen molar-refractivity contribution < 1.29 is 37.6 Å². The van der Waals surface area contributed by atoms with Gasteiger partial charge in [0.25, 0.3) is 0 Å². The largest absolute Gasteiger partial charge is 0.414 e. The van der Waals surface area contributed by atoms with Gasteiger partial charge in [0.2, 0.25) is 23.2 Å². The number of imide groups is 2. The molecule has 2 fully saturated rings. The van der Waals surface area contributed by atoms with E-state index in [2.05, 4.69) is 20.9 Å². The Morgan fingerprint density at radius 1 is 1.23 bits per heavy atom. The second-order valence-electron chi connectivity index (χ2n) is 10.1. The van der Waals surface area contributed by atoms with E-state index < -0.39 is 47.3 Å². The van der Waals surface area contributed by atoms with Gasteiger partial charge in [-0.2, -0.15) is 5.10 Å². The first-order chi connectivity index (χ1) is 18.5. The summed E-state index contributed by atoms with van der Waals surface area (Å²) in [5, 5.41) is 12.8. The van der Waals surface area contributed by atoms with Gasteiger partial charge in [0.05, 0.1) is 41.7 Å². The van der Waals surface area contributed by atoms with E-state index in [9.17, 15) is 19.2 Å². The summed E-state index contributed by atoms with van der Waals surface area (Å²) in [6.45, 7) is 3.69. The Hall–Kier alpha value is -4.53. The molecule has 2 saturated heterocycles. The number of aromatic nitrogens is 3. The van der Waals surface area contributed by atoms with Crippen molar-refractivity contribution in [1.29, 1.82) is 0 Å². The minimum atomic E-state index is -1.77. The van der Waals surface area contributed by atoms with Gasteiger partial charge in [-0.3, -0.25) is 20.2 Å². The Kier molecular flexibility index (Phi) is 5.40. The molecule has 2 aromatic heterocycles. The van der Waals surface area contributed by atoms with E-state index in [1.165, 1.54) is 36.1 Å². The Morgan fingerprint density at radius 2 is 1.95 bits per heavy atom. The number of benzene rings is 1. The van der Waals surface area contributed by atoms with Gasteiger partial charge in [0.1, 0.15) is 0 Å². The van der Waals surface area contributed by atoms with Crippen LogP contribution < -0.4 is 20.3 Å². The van der Waals surface area contributed by atoms with Crippen LogP contribution in [0.1, 0.15) is 19.4 Å². The molecule has 204 valence electrons. The number of morpholine rings is 1. The quantitative estimate of drug-likeness (QED) is 0.450. The van der Waals surface area contributed by atoms with Crippen LogP contribution in [-0.2, 0) is 20.7 Å². The smallest absolute Gasteiger partial charge is 0.407 e. The maximum Gasteiger partial charge on any atom is 0.414 e. The molecule has 1 aromatic carbocycles. The Bertz CT molecular complexity index is 1540. The van der Waals surface area contributed by atoms with Gasteiger partial charge >= 0.3 is 12.1 Å². The van der Waals surface area contributed by atoms with Gasteiger partial charge in [-0.25, -0.2) is 18.7 Å². The summed E-state index contributed by atoms with van der Waals surface area (Å²) in [6.07, 6.45) is 0.852. The number of barbiturate groups is 1. The second kappa shape index (κ2) is 8.49. The maximum absolute atomic E-state index is 16.2. The summed E-state index contributed by atoms with van der Waals surface area (Å²) in [7, 11) is 3.06. The maximum atomic E-state index is 16.2. The average molecular weight is 541 g/mol. The zero-order valence-corrected chi connectivity index (χ0v) is 21.4. The zero-order valence-electron chi connectivity index (χ0n) is 21.4. The summed E-state index contributed by atoms with van der Waals surface area (Å²) in [4.78, 5) is 53.4. The molecule has 15 heteroatoms. The highest BCUT2D eigenvalue weighted by molar-refractivity contribution is 6.20. The summed E-state index contributed by atoms with van der Waals surface area (Å²) in [5.41, 5.74) is -1.41. The van der Waals surface area contributed by atoms with Crippen molar-refractivity contribution in [3.63, 3.8) is 0 Å². The number of nitrogens with zero attached hydrogens (tertiary/aromatic N) is 5. The Balaban J connectivity index is 1.50. The number of halogens is 1. The zero-order chi connectivity index (χ0) is 27.8. The average Bonchev–Trinajstić information content (AvgIpc) is 3.48. The van der Waals surface area contributed by atoms with Gasteiger partial charge < -0.3 is 23.8 Å². The van der Waals surface area contributed by atoms with E-state index in [1.54, 1.807) is 24.8 Å². The van der Waals surface area contributed by atoms with Crippen LogP contribution in [0.3, 0.4) is 0 Å². The molecular weight excluding hydrogens is 517 g/mol. The molecule has 3 aromatic rings. The molecule has 3 aliphatic rings. The number of anilines is 1. The lowest BCUT2D eigenvalue weighted by molar-refractivity contribution is -0.153. The van der Waals surface area contributed by atoms with Crippen molar-refractivity contribution in [3.8, 4) is 11.6 Å². The predicted molar refractivity (Wildman–Crippen MR) is 130 cm³/mol. The van der Waals surface area contributed by atoms with Gasteiger partial charge in [-0.1, -0.05) is 5.16 Å². The molecule has 0 radical (unpaired) electrons. The highest BCUT2D eigenvalue weighted by Gasteiger charge is 2.63. The van der Waals surface area contributed by atoms with Crippen molar-refractivity contribution in [2.75, 3.05) is 25.5 Å². The molecule has 0 saturated carbocycles. The van der Waals surface area contributed by atoms with Crippen LogP contribution in [0.15, 0.2) is 23.0 Å². The molecule has 3 atom stereocenters. The van der Waals surface area contributed by atoms with Crippen molar-refractivity contribution in [1.82, 2.24) is 30.5 Å². The third-order valence-electron chi connectivity index (χ3n) is 7.29. The molecule has 0 unspecified atom stereocenters. The molecule has 3 aliphatic heterocycles. The number of carbonyl (C=O) groups is 4. The molecule has 0 bridgehead atoms.